The number of para-hydroxylation sites is 1. The third-order valence-electron chi connectivity index (χ3n) is 3.90. The van der Waals surface area contributed by atoms with Crippen molar-refractivity contribution in [3.05, 3.63) is 46.4 Å². The Hall–Kier alpha value is -2.21. The van der Waals surface area contributed by atoms with Gasteiger partial charge in [0, 0.05) is 30.5 Å². The summed E-state index contributed by atoms with van der Waals surface area (Å²) in [6, 6.07) is 8.96. The normalized spacial score (nSPS) is 17.5. The maximum Gasteiger partial charge on any atom is 0.243 e. The maximum absolute atomic E-state index is 12.4. The van der Waals surface area contributed by atoms with Crippen molar-refractivity contribution in [2.45, 2.75) is 32.2 Å². The first-order valence-corrected chi connectivity index (χ1v) is 8.59. The number of nitrogens with one attached hydrogen (secondary N) is 1. The molecule has 23 heavy (non-hydrogen) atoms. The van der Waals surface area contributed by atoms with Crippen LogP contribution in [-0.2, 0) is 16.0 Å². The second kappa shape index (κ2) is 6.91. The van der Waals surface area contributed by atoms with E-state index in [1.807, 2.05) is 42.6 Å². The number of carbonyl (C=O) groups excluding carboxylic acids is 2. The lowest BCUT2D eigenvalue weighted by atomic mass is 10.2. The van der Waals surface area contributed by atoms with Crippen LogP contribution in [0.3, 0.4) is 0 Å². The van der Waals surface area contributed by atoms with E-state index in [1.54, 1.807) is 16.2 Å². The van der Waals surface area contributed by atoms with Crippen LogP contribution in [0.5, 0.6) is 0 Å². The fourth-order valence-corrected chi connectivity index (χ4v) is 3.45. The lowest BCUT2D eigenvalue weighted by molar-refractivity contribution is -0.123. The molecule has 2 aromatic rings. The minimum absolute atomic E-state index is 0.00600. The molecule has 1 aliphatic heterocycles. The molecule has 1 aromatic heterocycles. The van der Waals surface area contributed by atoms with Gasteiger partial charge in [0.1, 0.15) is 6.04 Å². The van der Waals surface area contributed by atoms with Crippen LogP contribution in [0.4, 0.5) is 5.69 Å². The molecule has 1 aromatic carbocycles. The number of benzene rings is 1. The Kier molecular flexibility index (Phi) is 4.71. The summed E-state index contributed by atoms with van der Waals surface area (Å²) in [6.07, 6.45) is 1.69. The van der Waals surface area contributed by atoms with Crippen molar-refractivity contribution in [3.8, 4) is 0 Å². The topological polar surface area (TPSA) is 62.3 Å². The van der Waals surface area contributed by atoms with E-state index < -0.39 is 6.04 Å². The number of aryl methyl sites for hydroxylation is 1. The summed E-state index contributed by atoms with van der Waals surface area (Å²) in [6.45, 7) is 2.50. The second-order valence-electron chi connectivity index (χ2n) is 5.55. The molecule has 1 atom stereocenters. The van der Waals surface area contributed by atoms with Crippen molar-refractivity contribution in [3.63, 3.8) is 0 Å². The number of anilines is 1. The maximum atomic E-state index is 12.4. The van der Waals surface area contributed by atoms with Crippen LogP contribution in [0.2, 0.25) is 0 Å². The highest BCUT2D eigenvalue weighted by molar-refractivity contribution is 7.09. The largest absolute Gasteiger partial charge is 0.354 e. The van der Waals surface area contributed by atoms with E-state index in [-0.39, 0.29) is 11.8 Å². The zero-order chi connectivity index (χ0) is 16.2. The first-order valence-electron chi connectivity index (χ1n) is 7.71. The van der Waals surface area contributed by atoms with Gasteiger partial charge in [-0.1, -0.05) is 18.2 Å². The molecule has 3 rings (SSSR count). The number of nitrogens with zero attached hydrogens (tertiary/aromatic N) is 2. The summed E-state index contributed by atoms with van der Waals surface area (Å²) >= 11 is 1.61. The SMILES string of the molecule is Cc1nc(CCNC(=O)C2CCC(=O)N2c2ccccc2)cs1. The van der Waals surface area contributed by atoms with Gasteiger partial charge in [-0.05, 0) is 25.5 Å². The van der Waals surface area contributed by atoms with Crippen LogP contribution >= 0.6 is 11.3 Å². The van der Waals surface area contributed by atoms with Crippen LogP contribution in [0.25, 0.3) is 0 Å². The van der Waals surface area contributed by atoms with Crippen LogP contribution in [0, 0.1) is 6.92 Å². The molecule has 0 saturated carbocycles. The van der Waals surface area contributed by atoms with E-state index in [0.29, 0.717) is 25.8 Å². The summed E-state index contributed by atoms with van der Waals surface area (Å²) in [5, 5.41) is 5.98. The van der Waals surface area contributed by atoms with Gasteiger partial charge in [-0.25, -0.2) is 4.98 Å². The van der Waals surface area contributed by atoms with Gasteiger partial charge >= 0.3 is 0 Å². The molecule has 0 radical (unpaired) electrons. The average Bonchev–Trinajstić information content (AvgIpc) is 3.14. The Morgan fingerprint density at radius 3 is 2.87 bits per heavy atom. The van der Waals surface area contributed by atoms with Crippen molar-refractivity contribution < 1.29 is 9.59 Å². The highest BCUT2D eigenvalue weighted by Gasteiger charge is 2.36. The Morgan fingerprint density at radius 1 is 1.39 bits per heavy atom. The fourth-order valence-electron chi connectivity index (χ4n) is 2.80. The van der Waals surface area contributed by atoms with E-state index in [2.05, 4.69) is 10.3 Å². The van der Waals surface area contributed by atoms with Crippen LogP contribution < -0.4 is 10.2 Å². The van der Waals surface area contributed by atoms with Crippen molar-refractivity contribution in [1.29, 1.82) is 0 Å². The van der Waals surface area contributed by atoms with E-state index in [4.69, 9.17) is 0 Å². The number of hydrogen-bond acceptors (Lipinski definition) is 4. The van der Waals surface area contributed by atoms with E-state index >= 15 is 0 Å². The van der Waals surface area contributed by atoms with E-state index in [1.165, 1.54) is 0 Å². The highest BCUT2D eigenvalue weighted by Crippen LogP contribution is 2.26. The van der Waals surface area contributed by atoms with Crippen molar-refractivity contribution in [2.75, 3.05) is 11.4 Å². The van der Waals surface area contributed by atoms with Gasteiger partial charge in [-0.2, -0.15) is 0 Å². The van der Waals surface area contributed by atoms with Crippen molar-refractivity contribution >= 4 is 28.8 Å². The summed E-state index contributed by atoms with van der Waals surface area (Å²) in [4.78, 5) is 30.6. The number of carbonyl (C=O) groups is 2. The quantitative estimate of drug-likeness (QED) is 0.915. The van der Waals surface area contributed by atoms with Gasteiger partial charge in [0.25, 0.3) is 0 Å². The third-order valence-corrected chi connectivity index (χ3v) is 4.72. The van der Waals surface area contributed by atoms with Gasteiger partial charge in [0.05, 0.1) is 10.7 Å². The monoisotopic (exact) mass is 329 g/mol. The fraction of sp³-hybridized carbons (Fsp3) is 0.353. The molecular formula is C17H19N3O2S. The van der Waals surface area contributed by atoms with Gasteiger partial charge in [-0.3, -0.25) is 14.5 Å². The predicted molar refractivity (Wildman–Crippen MR) is 90.5 cm³/mol. The molecule has 2 amide bonds. The van der Waals surface area contributed by atoms with E-state index in [9.17, 15) is 9.59 Å². The number of hydrogen-bond donors (Lipinski definition) is 1. The number of amides is 2. The molecule has 0 bridgehead atoms. The predicted octanol–water partition coefficient (Wildman–Crippen LogP) is 2.31. The minimum atomic E-state index is -0.415. The number of aromatic nitrogens is 1. The number of rotatable bonds is 5. The minimum Gasteiger partial charge on any atom is -0.354 e. The molecule has 120 valence electrons. The molecule has 0 spiro atoms. The zero-order valence-electron chi connectivity index (χ0n) is 13.0. The molecular weight excluding hydrogens is 310 g/mol. The molecule has 1 saturated heterocycles. The smallest absolute Gasteiger partial charge is 0.243 e. The van der Waals surface area contributed by atoms with Crippen molar-refractivity contribution in [1.82, 2.24) is 10.3 Å². The molecule has 1 unspecified atom stereocenters. The Morgan fingerprint density at radius 2 is 2.17 bits per heavy atom. The second-order valence-corrected chi connectivity index (χ2v) is 6.61. The molecule has 0 aliphatic carbocycles. The average molecular weight is 329 g/mol. The molecule has 1 fully saturated rings. The van der Waals surface area contributed by atoms with Gasteiger partial charge in [0.15, 0.2) is 0 Å². The van der Waals surface area contributed by atoms with Crippen LogP contribution in [-0.4, -0.2) is 29.4 Å². The van der Waals surface area contributed by atoms with Crippen LogP contribution in [0.15, 0.2) is 35.7 Å². The van der Waals surface area contributed by atoms with Gasteiger partial charge in [0.2, 0.25) is 11.8 Å². The lowest BCUT2D eigenvalue weighted by Crippen LogP contribution is -2.45. The van der Waals surface area contributed by atoms with Crippen molar-refractivity contribution in [2.24, 2.45) is 0 Å². The summed E-state index contributed by atoms with van der Waals surface area (Å²) < 4.78 is 0. The Bertz CT molecular complexity index is 699. The molecule has 1 N–H and O–H groups in total. The Balaban J connectivity index is 1.60. The van der Waals surface area contributed by atoms with Crippen LogP contribution in [0.1, 0.15) is 23.5 Å². The molecule has 5 nitrogen and oxygen atoms in total. The van der Waals surface area contributed by atoms with E-state index in [0.717, 1.165) is 16.4 Å². The molecule has 6 heteroatoms. The molecule has 2 heterocycles. The van der Waals surface area contributed by atoms with Gasteiger partial charge in [-0.15, -0.1) is 11.3 Å². The lowest BCUT2D eigenvalue weighted by Gasteiger charge is -2.24. The third kappa shape index (κ3) is 3.59. The highest BCUT2D eigenvalue weighted by atomic mass is 32.1. The Labute approximate surface area is 139 Å². The summed E-state index contributed by atoms with van der Waals surface area (Å²) in [5.41, 5.74) is 1.78. The van der Waals surface area contributed by atoms with Gasteiger partial charge < -0.3 is 5.32 Å². The standard InChI is InChI=1S/C17H19N3O2S/c1-12-19-13(11-23-12)9-10-18-17(22)15-7-8-16(21)20(15)14-5-3-2-4-6-14/h2-6,11,15H,7-10H2,1H3,(H,18,22). The number of thiazole rings is 1. The summed E-state index contributed by atoms with van der Waals surface area (Å²) in [5.74, 6) is -0.0851. The first-order chi connectivity index (χ1) is 11.1. The zero-order valence-corrected chi connectivity index (χ0v) is 13.8. The summed E-state index contributed by atoms with van der Waals surface area (Å²) in [7, 11) is 0. The first kappa shape index (κ1) is 15.7. The molecule has 1 aliphatic rings.